The number of aromatic nitrogens is 1. The quantitative estimate of drug-likeness (QED) is 0.493. The molecule has 1 aromatic heterocycles. The Bertz CT molecular complexity index is 1060. The SMILES string of the molecule is Cc1ccc(C)c(-c2[nH]c3c(ccc4ccccc43)c2C=O)c1. The second kappa shape index (κ2) is 5.10. The van der Waals surface area contributed by atoms with Crippen LogP contribution in [0.2, 0.25) is 0 Å². The molecule has 3 aromatic carbocycles. The normalized spacial score (nSPS) is 11.2. The summed E-state index contributed by atoms with van der Waals surface area (Å²) in [6.45, 7) is 4.15. The van der Waals surface area contributed by atoms with Crippen molar-refractivity contribution in [3.8, 4) is 11.3 Å². The fourth-order valence-corrected chi connectivity index (χ4v) is 3.30. The Morgan fingerprint density at radius 1 is 0.913 bits per heavy atom. The Balaban J connectivity index is 2.13. The Hall–Kier alpha value is -2.87. The van der Waals surface area contributed by atoms with E-state index in [9.17, 15) is 4.79 Å². The van der Waals surface area contributed by atoms with E-state index in [1.807, 2.05) is 18.2 Å². The number of carbonyl (C=O) groups excluding carboxylic acids is 1. The van der Waals surface area contributed by atoms with E-state index in [0.29, 0.717) is 0 Å². The standard InChI is InChI=1S/C21H17NO/c1-13-7-8-14(2)18(11-13)21-19(12-23)17-10-9-15-5-3-4-6-16(15)20(17)22-21/h3-12,22H,1-2H3. The van der Waals surface area contributed by atoms with Gasteiger partial charge in [-0.15, -0.1) is 0 Å². The number of benzene rings is 3. The molecule has 4 rings (SSSR count). The van der Waals surface area contributed by atoms with Crippen molar-refractivity contribution in [3.63, 3.8) is 0 Å². The number of fused-ring (bicyclic) bond motifs is 3. The molecule has 0 radical (unpaired) electrons. The average molecular weight is 299 g/mol. The monoisotopic (exact) mass is 299 g/mol. The number of aldehydes is 1. The molecule has 0 aliphatic carbocycles. The van der Waals surface area contributed by atoms with Gasteiger partial charge in [-0.1, -0.05) is 54.1 Å². The highest BCUT2D eigenvalue weighted by atomic mass is 16.1. The minimum Gasteiger partial charge on any atom is -0.353 e. The van der Waals surface area contributed by atoms with Crippen molar-refractivity contribution < 1.29 is 4.79 Å². The van der Waals surface area contributed by atoms with Gasteiger partial charge in [-0.2, -0.15) is 0 Å². The van der Waals surface area contributed by atoms with E-state index >= 15 is 0 Å². The lowest BCUT2D eigenvalue weighted by atomic mass is 9.99. The molecule has 2 heteroatoms. The second-order valence-corrected chi connectivity index (χ2v) is 6.06. The van der Waals surface area contributed by atoms with Crippen molar-refractivity contribution in [2.24, 2.45) is 0 Å². The zero-order chi connectivity index (χ0) is 16.0. The van der Waals surface area contributed by atoms with Crippen LogP contribution >= 0.6 is 0 Å². The molecule has 0 fully saturated rings. The molecule has 4 aromatic rings. The Labute approximate surface area is 134 Å². The lowest BCUT2D eigenvalue weighted by Crippen LogP contribution is -1.89. The van der Waals surface area contributed by atoms with E-state index in [2.05, 4.69) is 55.2 Å². The van der Waals surface area contributed by atoms with Crippen LogP contribution in [-0.2, 0) is 0 Å². The molecule has 0 spiro atoms. The number of hydrogen-bond donors (Lipinski definition) is 1. The van der Waals surface area contributed by atoms with Crippen LogP contribution in [0, 0.1) is 13.8 Å². The lowest BCUT2D eigenvalue weighted by Gasteiger charge is -2.06. The van der Waals surface area contributed by atoms with Crippen LogP contribution in [0.1, 0.15) is 21.5 Å². The number of H-pyrrole nitrogens is 1. The Kier molecular flexibility index (Phi) is 3.05. The zero-order valence-electron chi connectivity index (χ0n) is 13.2. The van der Waals surface area contributed by atoms with Gasteiger partial charge in [0.1, 0.15) is 0 Å². The topological polar surface area (TPSA) is 32.9 Å². The van der Waals surface area contributed by atoms with Crippen LogP contribution in [0.15, 0.2) is 54.6 Å². The highest BCUT2D eigenvalue weighted by molar-refractivity contribution is 6.14. The van der Waals surface area contributed by atoms with Gasteiger partial charge in [-0.25, -0.2) is 0 Å². The summed E-state index contributed by atoms with van der Waals surface area (Å²) in [5.41, 5.74) is 6.11. The maximum Gasteiger partial charge on any atom is 0.152 e. The maximum atomic E-state index is 11.8. The Morgan fingerprint density at radius 2 is 1.74 bits per heavy atom. The molecule has 0 saturated carbocycles. The summed E-state index contributed by atoms with van der Waals surface area (Å²) in [5, 5.41) is 3.30. The zero-order valence-corrected chi connectivity index (χ0v) is 13.2. The van der Waals surface area contributed by atoms with Gasteiger partial charge in [0.15, 0.2) is 6.29 Å². The third kappa shape index (κ3) is 2.07. The summed E-state index contributed by atoms with van der Waals surface area (Å²) < 4.78 is 0. The van der Waals surface area contributed by atoms with E-state index in [1.165, 1.54) is 10.9 Å². The van der Waals surface area contributed by atoms with Gasteiger partial charge in [0.25, 0.3) is 0 Å². The summed E-state index contributed by atoms with van der Waals surface area (Å²) in [5.74, 6) is 0. The Morgan fingerprint density at radius 3 is 2.57 bits per heavy atom. The molecule has 0 aliphatic rings. The van der Waals surface area contributed by atoms with E-state index in [0.717, 1.165) is 45.0 Å². The molecule has 112 valence electrons. The van der Waals surface area contributed by atoms with Gasteiger partial charge in [0.2, 0.25) is 0 Å². The van der Waals surface area contributed by atoms with Gasteiger partial charge in [-0.3, -0.25) is 4.79 Å². The molecular formula is C21H17NO. The van der Waals surface area contributed by atoms with Gasteiger partial charge < -0.3 is 4.98 Å². The van der Waals surface area contributed by atoms with Gasteiger partial charge >= 0.3 is 0 Å². The molecule has 1 N–H and O–H groups in total. The van der Waals surface area contributed by atoms with Gasteiger partial charge in [0.05, 0.1) is 11.2 Å². The predicted molar refractivity (Wildman–Crippen MR) is 96.1 cm³/mol. The second-order valence-electron chi connectivity index (χ2n) is 6.06. The van der Waals surface area contributed by atoms with Crippen LogP contribution in [0.4, 0.5) is 0 Å². The van der Waals surface area contributed by atoms with Gasteiger partial charge in [-0.05, 0) is 30.9 Å². The number of hydrogen-bond acceptors (Lipinski definition) is 1. The summed E-state index contributed by atoms with van der Waals surface area (Å²) >= 11 is 0. The maximum absolute atomic E-state index is 11.8. The molecule has 23 heavy (non-hydrogen) atoms. The minimum atomic E-state index is 0.736. The van der Waals surface area contributed by atoms with E-state index in [-0.39, 0.29) is 0 Å². The molecule has 0 saturated heterocycles. The van der Waals surface area contributed by atoms with Crippen molar-refractivity contribution in [1.29, 1.82) is 0 Å². The molecule has 1 heterocycles. The van der Waals surface area contributed by atoms with E-state index in [4.69, 9.17) is 0 Å². The summed E-state index contributed by atoms with van der Waals surface area (Å²) in [4.78, 5) is 15.3. The molecule has 0 amide bonds. The molecular weight excluding hydrogens is 282 g/mol. The molecule has 0 aliphatic heterocycles. The largest absolute Gasteiger partial charge is 0.353 e. The van der Waals surface area contributed by atoms with E-state index in [1.54, 1.807) is 0 Å². The minimum absolute atomic E-state index is 0.736. The fourth-order valence-electron chi connectivity index (χ4n) is 3.30. The first-order valence-electron chi connectivity index (χ1n) is 7.75. The molecule has 2 nitrogen and oxygen atoms in total. The van der Waals surface area contributed by atoms with Crippen LogP contribution in [0.5, 0.6) is 0 Å². The fraction of sp³-hybridized carbons (Fsp3) is 0.0952. The smallest absolute Gasteiger partial charge is 0.152 e. The van der Waals surface area contributed by atoms with Crippen molar-refractivity contribution in [2.75, 3.05) is 0 Å². The predicted octanol–water partition coefficient (Wildman–Crippen LogP) is 5.42. The molecule has 0 bridgehead atoms. The van der Waals surface area contributed by atoms with Crippen LogP contribution in [0.3, 0.4) is 0 Å². The first-order valence-corrected chi connectivity index (χ1v) is 7.75. The van der Waals surface area contributed by atoms with Crippen LogP contribution in [-0.4, -0.2) is 11.3 Å². The number of carbonyl (C=O) groups is 1. The van der Waals surface area contributed by atoms with Gasteiger partial charge in [0, 0.05) is 21.9 Å². The molecule has 0 atom stereocenters. The van der Waals surface area contributed by atoms with Crippen molar-refractivity contribution >= 4 is 28.0 Å². The highest BCUT2D eigenvalue weighted by Gasteiger charge is 2.15. The van der Waals surface area contributed by atoms with Crippen molar-refractivity contribution in [1.82, 2.24) is 4.98 Å². The average Bonchev–Trinajstić information content (AvgIpc) is 2.95. The number of aromatic amines is 1. The summed E-state index contributed by atoms with van der Waals surface area (Å²) in [7, 11) is 0. The number of nitrogens with one attached hydrogen (secondary N) is 1. The third-order valence-corrected chi connectivity index (χ3v) is 4.52. The first-order chi connectivity index (χ1) is 11.2. The number of aryl methyl sites for hydroxylation is 2. The summed E-state index contributed by atoms with van der Waals surface area (Å²) in [6.07, 6.45) is 0.963. The highest BCUT2D eigenvalue weighted by Crippen LogP contribution is 2.34. The van der Waals surface area contributed by atoms with Crippen LogP contribution < -0.4 is 0 Å². The first kappa shape index (κ1) is 13.8. The van der Waals surface area contributed by atoms with Crippen molar-refractivity contribution in [2.45, 2.75) is 13.8 Å². The van der Waals surface area contributed by atoms with Crippen molar-refractivity contribution in [3.05, 3.63) is 71.3 Å². The molecule has 0 unspecified atom stereocenters. The lowest BCUT2D eigenvalue weighted by molar-refractivity contribution is 0.112. The summed E-state index contributed by atoms with van der Waals surface area (Å²) in [6, 6.07) is 18.7. The third-order valence-electron chi connectivity index (χ3n) is 4.52. The number of rotatable bonds is 2. The van der Waals surface area contributed by atoms with E-state index < -0.39 is 0 Å². The van der Waals surface area contributed by atoms with Crippen LogP contribution in [0.25, 0.3) is 32.9 Å².